The first-order valence-corrected chi connectivity index (χ1v) is 11.2. The lowest BCUT2D eigenvalue weighted by Gasteiger charge is -2.29. The van der Waals surface area contributed by atoms with Gasteiger partial charge in [0.1, 0.15) is 6.04 Å². The number of hydrogen-bond donors (Lipinski definition) is 1. The molecular weight excluding hydrogens is 406 g/mol. The fourth-order valence-corrected chi connectivity index (χ4v) is 5.14. The van der Waals surface area contributed by atoms with Crippen LogP contribution < -0.4 is 5.32 Å². The van der Waals surface area contributed by atoms with E-state index in [0.717, 1.165) is 24.8 Å². The molecule has 2 aliphatic heterocycles. The molecule has 2 fully saturated rings. The minimum atomic E-state index is -0.488. The van der Waals surface area contributed by atoms with Crippen molar-refractivity contribution in [3.63, 3.8) is 0 Å². The average Bonchev–Trinajstić information content (AvgIpc) is 3.28. The van der Waals surface area contributed by atoms with E-state index in [2.05, 4.69) is 21.5 Å². The number of carbonyl (C=O) groups excluding carboxylic acids is 2. The molecule has 2 amide bonds. The maximum absolute atomic E-state index is 13.4. The normalized spacial score (nSPS) is 23.3. The Morgan fingerprint density at radius 2 is 2.06 bits per heavy atom. The second kappa shape index (κ2) is 7.41. The van der Waals surface area contributed by atoms with E-state index in [1.165, 1.54) is 5.56 Å². The number of likely N-dealkylation sites (tertiary alicyclic amines) is 1. The molecule has 32 heavy (non-hydrogen) atoms. The molecule has 0 radical (unpaired) electrons. The number of hydrogen-bond acceptors (Lipinski definition) is 5. The molecule has 1 aromatic carbocycles. The van der Waals surface area contributed by atoms with Crippen LogP contribution in [0.5, 0.6) is 0 Å². The molecule has 1 spiro atoms. The summed E-state index contributed by atoms with van der Waals surface area (Å²) in [4.78, 5) is 32.7. The van der Waals surface area contributed by atoms with Crippen LogP contribution in [0, 0.1) is 5.41 Å². The summed E-state index contributed by atoms with van der Waals surface area (Å²) in [5.41, 5.74) is 3.09. The van der Waals surface area contributed by atoms with E-state index in [1.807, 2.05) is 24.3 Å². The van der Waals surface area contributed by atoms with Crippen molar-refractivity contribution in [1.29, 1.82) is 0 Å². The van der Waals surface area contributed by atoms with Crippen LogP contribution in [0.1, 0.15) is 42.9 Å². The summed E-state index contributed by atoms with van der Waals surface area (Å²) in [5, 5.41) is 7.21. The van der Waals surface area contributed by atoms with Gasteiger partial charge in [-0.1, -0.05) is 24.3 Å². The quantitative estimate of drug-likeness (QED) is 0.686. The molecule has 2 atom stereocenters. The van der Waals surface area contributed by atoms with E-state index in [4.69, 9.17) is 4.74 Å². The average molecular weight is 431 g/mol. The summed E-state index contributed by atoms with van der Waals surface area (Å²) < 4.78 is 7.56. The highest BCUT2D eigenvalue weighted by atomic mass is 16.5. The molecule has 6 rings (SSSR count). The Labute approximate surface area is 185 Å². The van der Waals surface area contributed by atoms with E-state index in [0.29, 0.717) is 31.0 Å². The van der Waals surface area contributed by atoms with Crippen molar-refractivity contribution in [2.75, 3.05) is 18.5 Å². The maximum Gasteiger partial charge on any atom is 0.248 e. The first kappa shape index (κ1) is 19.4. The minimum Gasteiger partial charge on any atom is -0.373 e. The molecule has 1 aliphatic carbocycles. The lowest BCUT2D eigenvalue weighted by molar-refractivity contribution is -0.139. The van der Waals surface area contributed by atoms with E-state index in [-0.39, 0.29) is 29.8 Å². The SMILES string of the molecule is O=C(Nc1cnc2cccnn12)[C@H]1CC2(CC2)CN1C(=O)CC1OCCc2ccccc21. The van der Waals surface area contributed by atoms with Crippen LogP contribution in [0.15, 0.2) is 48.8 Å². The number of amides is 2. The summed E-state index contributed by atoms with van der Waals surface area (Å²) in [7, 11) is 0. The van der Waals surface area contributed by atoms with Crippen LogP contribution in [-0.2, 0) is 20.7 Å². The highest BCUT2D eigenvalue weighted by molar-refractivity contribution is 5.97. The molecule has 4 heterocycles. The van der Waals surface area contributed by atoms with Gasteiger partial charge in [0.05, 0.1) is 25.3 Å². The Hall–Kier alpha value is -3.26. The van der Waals surface area contributed by atoms with Crippen molar-refractivity contribution in [2.45, 2.75) is 44.2 Å². The number of fused-ring (bicyclic) bond motifs is 2. The first-order valence-electron chi connectivity index (χ1n) is 11.2. The molecule has 164 valence electrons. The fourth-order valence-electron chi connectivity index (χ4n) is 5.14. The lowest BCUT2D eigenvalue weighted by Crippen LogP contribution is -2.44. The van der Waals surface area contributed by atoms with Gasteiger partial charge < -0.3 is 15.0 Å². The monoisotopic (exact) mass is 431 g/mol. The van der Waals surface area contributed by atoms with Crippen molar-refractivity contribution >= 4 is 23.3 Å². The van der Waals surface area contributed by atoms with Gasteiger partial charge in [-0.3, -0.25) is 9.59 Å². The molecule has 1 saturated carbocycles. The third-order valence-electron chi connectivity index (χ3n) is 7.07. The van der Waals surface area contributed by atoms with Gasteiger partial charge in [-0.2, -0.15) is 9.61 Å². The zero-order valence-corrected chi connectivity index (χ0v) is 17.7. The molecule has 0 bridgehead atoms. The van der Waals surface area contributed by atoms with Gasteiger partial charge in [0, 0.05) is 12.7 Å². The summed E-state index contributed by atoms with van der Waals surface area (Å²) >= 11 is 0. The number of nitrogens with zero attached hydrogens (tertiary/aromatic N) is 4. The van der Waals surface area contributed by atoms with Gasteiger partial charge in [0.2, 0.25) is 11.8 Å². The highest BCUT2D eigenvalue weighted by Gasteiger charge is 2.55. The number of nitrogens with one attached hydrogen (secondary N) is 1. The minimum absolute atomic E-state index is 0.0214. The van der Waals surface area contributed by atoms with Crippen LogP contribution in [0.2, 0.25) is 0 Å². The molecule has 1 saturated heterocycles. The molecule has 3 aliphatic rings. The van der Waals surface area contributed by atoms with Gasteiger partial charge in [-0.15, -0.1) is 0 Å². The second-order valence-electron chi connectivity index (χ2n) is 9.18. The predicted octanol–water partition coefficient (Wildman–Crippen LogP) is 2.75. The number of imidazole rings is 1. The van der Waals surface area contributed by atoms with Gasteiger partial charge in [-0.25, -0.2) is 4.98 Å². The number of anilines is 1. The van der Waals surface area contributed by atoms with E-state index in [9.17, 15) is 9.59 Å². The fraction of sp³-hybridized carbons (Fsp3) is 0.417. The molecule has 1 unspecified atom stereocenters. The largest absolute Gasteiger partial charge is 0.373 e. The Balaban J connectivity index is 1.21. The summed E-state index contributed by atoms with van der Waals surface area (Å²) in [6, 6.07) is 11.3. The smallest absolute Gasteiger partial charge is 0.248 e. The van der Waals surface area contributed by atoms with Gasteiger partial charge in [0.15, 0.2) is 11.5 Å². The molecular formula is C24H25N5O3. The molecule has 8 heteroatoms. The van der Waals surface area contributed by atoms with Crippen molar-refractivity contribution in [3.05, 3.63) is 59.9 Å². The number of rotatable bonds is 4. The molecule has 2 aromatic heterocycles. The molecule has 1 N–H and O–H groups in total. The Bertz CT molecular complexity index is 1200. The van der Waals surface area contributed by atoms with Crippen molar-refractivity contribution < 1.29 is 14.3 Å². The Morgan fingerprint density at radius 3 is 2.94 bits per heavy atom. The second-order valence-corrected chi connectivity index (χ2v) is 9.18. The summed E-state index contributed by atoms with van der Waals surface area (Å²) in [5.74, 6) is 0.311. The highest BCUT2D eigenvalue weighted by Crippen LogP contribution is 2.55. The van der Waals surface area contributed by atoms with Crippen LogP contribution in [-0.4, -0.2) is 50.5 Å². The zero-order chi connectivity index (χ0) is 21.7. The van der Waals surface area contributed by atoms with Gasteiger partial charge in [0.25, 0.3) is 0 Å². The lowest BCUT2D eigenvalue weighted by atomic mass is 9.95. The Kier molecular flexibility index (Phi) is 4.50. The van der Waals surface area contributed by atoms with Crippen molar-refractivity contribution in [2.24, 2.45) is 5.41 Å². The predicted molar refractivity (Wildman–Crippen MR) is 117 cm³/mol. The number of ether oxygens (including phenoxy) is 1. The van der Waals surface area contributed by atoms with Crippen LogP contribution in [0.3, 0.4) is 0 Å². The number of aromatic nitrogens is 3. The standard InChI is InChI=1S/C24H25N5O3/c30-22(12-19-17-5-2-1-4-16(17)7-11-32-19)28-15-24(8-9-24)13-18(28)23(31)27-21-14-25-20-6-3-10-26-29(20)21/h1-6,10,14,18-19H,7-9,11-13,15H2,(H,27,31)/t18-,19?/m1/s1. The van der Waals surface area contributed by atoms with E-state index in [1.54, 1.807) is 27.9 Å². The topological polar surface area (TPSA) is 88.8 Å². The van der Waals surface area contributed by atoms with Crippen LogP contribution in [0.4, 0.5) is 5.82 Å². The summed E-state index contributed by atoms with van der Waals surface area (Å²) in [6.07, 6.45) is 6.96. The van der Waals surface area contributed by atoms with Crippen molar-refractivity contribution in [3.8, 4) is 0 Å². The van der Waals surface area contributed by atoms with Crippen molar-refractivity contribution in [1.82, 2.24) is 19.5 Å². The third kappa shape index (κ3) is 3.35. The van der Waals surface area contributed by atoms with Gasteiger partial charge >= 0.3 is 0 Å². The summed E-state index contributed by atoms with van der Waals surface area (Å²) in [6.45, 7) is 1.26. The van der Waals surface area contributed by atoms with E-state index < -0.39 is 6.04 Å². The van der Waals surface area contributed by atoms with E-state index >= 15 is 0 Å². The Morgan fingerprint density at radius 1 is 1.19 bits per heavy atom. The van der Waals surface area contributed by atoms with Gasteiger partial charge in [-0.05, 0) is 54.4 Å². The number of benzene rings is 1. The molecule has 8 nitrogen and oxygen atoms in total. The zero-order valence-electron chi connectivity index (χ0n) is 17.7. The van der Waals surface area contributed by atoms with Crippen LogP contribution >= 0.6 is 0 Å². The first-order chi connectivity index (χ1) is 15.6. The maximum atomic E-state index is 13.4. The van der Waals surface area contributed by atoms with Crippen LogP contribution in [0.25, 0.3) is 5.65 Å². The number of carbonyl (C=O) groups is 2. The third-order valence-corrected chi connectivity index (χ3v) is 7.07. The molecule has 3 aromatic rings.